The highest BCUT2D eigenvalue weighted by atomic mass is 19.1. The number of ether oxygens (including phenoxy) is 1. The summed E-state index contributed by atoms with van der Waals surface area (Å²) < 4.78 is 16.6. The van der Waals surface area contributed by atoms with E-state index in [0.29, 0.717) is 0 Å². The van der Waals surface area contributed by atoms with E-state index in [1.807, 2.05) is 0 Å². The van der Waals surface area contributed by atoms with Crippen LogP contribution in [0.5, 0.6) is 5.75 Å². The Kier molecular flexibility index (Phi) is 3.76. The van der Waals surface area contributed by atoms with Crippen LogP contribution in [-0.2, 0) is 0 Å². The summed E-state index contributed by atoms with van der Waals surface area (Å²) in [6, 6.07) is 3.57. The number of carboxylic acid groups (broad SMARTS) is 1. The van der Waals surface area contributed by atoms with Crippen LogP contribution in [0.4, 0.5) is 10.1 Å². The van der Waals surface area contributed by atoms with Gasteiger partial charge in [0.2, 0.25) is 0 Å². The highest BCUT2D eigenvalue weighted by Gasteiger charge is 2.24. The topological polar surface area (TPSA) is 89.7 Å². The molecule has 16 heavy (non-hydrogen) atoms. The van der Waals surface area contributed by atoms with Gasteiger partial charge in [-0.1, -0.05) is 6.07 Å². The number of aromatic carboxylic acids is 1. The van der Waals surface area contributed by atoms with E-state index in [1.165, 1.54) is 12.1 Å². The molecule has 7 heteroatoms. The van der Waals surface area contributed by atoms with Crippen LogP contribution in [0, 0.1) is 10.1 Å². The van der Waals surface area contributed by atoms with Crippen molar-refractivity contribution in [3.63, 3.8) is 0 Å². The van der Waals surface area contributed by atoms with Crippen LogP contribution in [0.2, 0.25) is 0 Å². The van der Waals surface area contributed by atoms with E-state index >= 15 is 0 Å². The van der Waals surface area contributed by atoms with E-state index in [2.05, 4.69) is 0 Å². The van der Waals surface area contributed by atoms with Crippen LogP contribution in [0.1, 0.15) is 10.4 Å². The van der Waals surface area contributed by atoms with E-state index in [4.69, 9.17) is 9.84 Å². The third kappa shape index (κ3) is 2.44. The summed E-state index contributed by atoms with van der Waals surface area (Å²) in [6.45, 7) is -1.15. The Hall–Kier alpha value is -2.18. The molecule has 0 saturated heterocycles. The fraction of sp³-hybridized carbons (Fsp3) is 0.222. The zero-order valence-corrected chi connectivity index (χ0v) is 8.05. The molecular weight excluding hydrogens is 221 g/mol. The monoisotopic (exact) mass is 229 g/mol. The highest BCUT2D eigenvalue weighted by Crippen LogP contribution is 2.28. The van der Waals surface area contributed by atoms with Gasteiger partial charge in [0, 0.05) is 6.07 Å². The van der Waals surface area contributed by atoms with Crippen LogP contribution >= 0.6 is 0 Å². The first kappa shape index (κ1) is 11.9. The minimum Gasteiger partial charge on any atom is -0.490 e. The molecule has 0 aliphatic rings. The first-order valence-electron chi connectivity index (χ1n) is 4.27. The molecule has 0 aromatic heterocycles. The molecule has 0 fully saturated rings. The summed E-state index contributed by atoms with van der Waals surface area (Å²) in [5.41, 5.74) is -1.15. The molecule has 6 nitrogen and oxygen atoms in total. The second-order valence-corrected chi connectivity index (χ2v) is 2.75. The Morgan fingerprint density at radius 1 is 1.56 bits per heavy atom. The Morgan fingerprint density at radius 2 is 2.25 bits per heavy atom. The standard InChI is InChI=1S/C9H8FNO5/c10-4-5-16-7-3-1-2-6(11(14)15)8(7)9(12)13/h1-3H,4-5H2,(H,12,13). The maximum Gasteiger partial charge on any atom is 0.346 e. The predicted molar refractivity (Wildman–Crippen MR) is 51.5 cm³/mol. The number of nitro groups is 1. The van der Waals surface area contributed by atoms with Crippen LogP contribution in [0.3, 0.4) is 0 Å². The summed E-state index contributed by atoms with van der Waals surface area (Å²) >= 11 is 0. The third-order valence-corrected chi connectivity index (χ3v) is 1.75. The minimum atomic E-state index is -1.49. The van der Waals surface area contributed by atoms with E-state index in [1.54, 1.807) is 0 Å². The average Bonchev–Trinajstić information content (AvgIpc) is 2.25. The number of hydrogen-bond acceptors (Lipinski definition) is 4. The van der Waals surface area contributed by atoms with E-state index in [9.17, 15) is 19.3 Å². The lowest BCUT2D eigenvalue weighted by molar-refractivity contribution is -0.385. The van der Waals surface area contributed by atoms with Crippen LogP contribution in [0.15, 0.2) is 18.2 Å². The molecule has 0 heterocycles. The quantitative estimate of drug-likeness (QED) is 0.612. The van der Waals surface area contributed by atoms with Gasteiger partial charge in [-0.25, -0.2) is 9.18 Å². The van der Waals surface area contributed by atoms with Crippen molar-refractivity contribution in [1.82, 2.24) is 0 Å². The molecule has 0 atom stereocenters. The van der Waals surface area contributed by atoms with Crippen molar-refractivity contribution in [2.75, 3.05) is 13.3 Å². The first-order valence-corrected chi connectivity index (χ1v) is 4.27. The third-order valence-electron chi connectivity index (χ3n) is 1.75. The maximum atomic E-state index is 11.9. The summed E-state index contributed by atoms with van der Waals surface area (Å²) in [5, 5.41) is 19.4. The average molecular weight is 229 g/mol. The van der Waals surface area contributed by atoms with E-state index < -0.39 is 28.8 Å². The number of hydrogen-bond donors (Lipinski definition) is 1. The van der Waals surface area contributed by atoms with Crippen molar-refractivity contribution in [2.45, 2.75) is 0 Å². The Labute approximate surface area is 89.4 Å². The van der Waals surface area contributed by atoms with Crippen molar-refractivity contribution in [3.8, 4) is 5.75 Å². The number of nitrogens with zero attached hydrogens (tertiary/aromatic N) is 1. The van der Waals surface area contributed by atoms with Gasteiger partial charge in [-0.2, -0.15) is 0 Å². The molecule has 0 unspecified atom stereocenters. The van der Waals surface area contributed by atoms with Gasteiger partial charge < -0.3 is 9.84 Å². The summed E-state index contributed by atoms with van der Waals surface area (Å²) in [4.78, 5) is 20.6. The fourth-order valence-electron chi connectivity index (χ4n) is 1.16. The zero-order chi connectivity index (χ0) is 12.1. The maximum absolute atomic E-state index is 11.9. The molecule has 1 aromatic rings. The van der Waals surface area contributed by atoms with Gasteiger partial charge in [-0.05, 0) is 6.07 Å². The van der Waals surface area contributed by atoms with Gasteiger partial charge in [0.25, 0.3) is 5.69 Å². The van der Waals surface area contributed by atoms with E-state index in [0.717, 1.165) is 6.07 Å². The van der Waals surface area contributed by atoms with E-state index in [-0.39, 0.29) is 12.4 Å². The highest BCUT2D eigenvalue weighted by molar-refractivity contribution is 5.95. The molecule has 0 bridgehead atoms. The number of alkyl halides is 1. The molecule has 0 aliphatic heterocycles. The molecule has 86 valence electrons. The number of carboxylic acids is 1. The van der Waals surface area contributed by atoms with Crippen molar-refractivity contribution in [3.05, 3.63) is 33.9 Å². The molecular formula is C9H8FNO5. The van der Waals surface area contributed by atoms with Crippen LogP contribution in [0.25, 0.3) is 0 Å². The SMILES string of the molecule is O=C(O)c1c(OCCF)cccc1[N+](=O)[O-]. The lowest BCUT2D eigenvalue weighted by Crippen LogP contribution is -2.08. The Morgan fingerprint density at radius 3 is 2.75 bits per heavy atom. The Bertz CT molecular complexity index is 420. The van der Waals surface area contributed by atoms with Crippen LogP contribution in [-0.4, -0.2) is 29.3 Å². The van der Waals surface area contributed by atoms with Crippen molar-refractivity contribution >= 4 is 11.7 Å². The van der Waals surface area contributed by atoms with Crippen molar-refractivity contribution in [1.29, 1.82) is 0 Å². The normalized spacial score (nSPS) is 9.81. The molecule has 0 amide bonds. The fourth-order valence-corrected chi connectivity index (χ4v) is 1.16. The van der Waals surface area contributed by atoms with Gasteiger partial charge in [-0.15, -0.1) is 0 Å². The second kappa shape index (κ2) is 5.06. The van der Waals surface area contributed by atoms with Gasteiger partial charge in [0.15, 0.2) is 5.56 Å². The van der Waals surface area contributed by atoms with Gasteiger partial charge in [0.05, 0.1) is 4.92 Å². The zero-order valence-electron chi connectivity index (χ0n) is 8.05. The summed E-state index contributed by atoms with van der Waals surface area (Å²) in [6.07, 6.45) is 0. The number of rotatable bonds is 5. The lowest BCUT2D eigenvalue weighted by Gasteiger charge is -2.07. The largest absolute Gasteiger partial charge is 0.490 e. The number of benzene rings is 1. The molecule has 0 aliphatic carbocycles. The lowest BCUT2D eigenvalue weighted by atomic mass is 10.1. The predicted octanol–water partition coefficient (Wildman–Crippen LogP) is 1.64. The smallest absolute Gasteiger partial charge is 0.346 e. The number of halogens is 1. The summed E-state index contributed by atoms with van der Waals surface area (Å²) in [5.74, 6) is -1.69. The number of carbonyl (C=O) groups is 1. The first-order chi connectivity index (χ1) is 7.57. The molecule has 0 saturated carbocycles. The minimum absolute atomic E-state index is 0.209. The molecule has 0 spiro atoms. The molecule has 1 N–H and O–H groups in total. The summed E-state index contributed by atoms with van der Waals surface area (Å²) in [7, 11) is 0. The van der Waals surface area contributed by atoms with Crippen molar-refractivity contribution in [2.24, 2.45) is 0 Å². The second-order valence-electron chi connectivity index (χ2n) is 2.75. The molecule has 0 radical (unpaired) electrons. The van der Waals surface area contributed by atoms with Gasteiger partial charge in [0.1, 0.15) is 19.0 Å². The molecule has 1 rings (SSSR count). The Balaban J connectivity index is 3.21. The number of nitro benzene ring substituents is 1. The van der Waals surface area contributed by atoms with Crippen molar-refractivity contribution < 1.29 is 24.0 Å². The van der Waals surface area contributed by atoms with Crippen LogP contribution < -0.4 is 4.74 Å². The van der Waals surface area contributed by atoms with Gasteiger partial charge >= 0.3 is 5.97 Å². The van der Waals surface area contributed by atoms with Gasteiger partial charge in [-0.3, -0.25) is 10.1 Å². The molecule has 1 aromatic carbocycles.